The summed E-state index contributed by atoms with van der Waals surface area (Å²) in [5.74, 6) is 5.15. The number of hydrogen-bond acceptors (Lipinski definition) is 1. The first-order valence-corrected chi connectivity index (χ1v) is 7.85. The molecule has 3 aliphatic carbocycles. The van der Waals surface area contributed by atoms with Gasteiger partial charge in [0.1, 0.15) is 0 Å². The van der Waals surface area contributed by atoms with Crippen molar-refractivity contribution in [2.45, 2.75) is 64.9 Å². The molecule has 0 amide bonds. The van der Waals surface area contributed by atoms with Gasteiger partial charge in [0.15, 0.2) is 0 Å². The van der Waals surface area contributed by atoms with Gasteiger partial charge in [-0.3, -0.25) is 0 Å². The van der Waals surface area contributed by atoms with Crippen LogP contribution >= 0.6 is 0 Å². The summed E-state index contributed by atoms with van der Waals surface area (Å²) in [6.45, 7) is 4.81. The molecule has 0 bridgehead atoms. The van der Waals surface area contributed by atoms with Crippen LogP contribution in [0.15, 0.2) is 0 Å². The molecule has 0 aromatic carbocycles. The highest BCUT2D eigenvalue weighted by molar-refractivity contribution is 4.97. The summed E-state index contributed by atoms with van der Waals surface area (Å²) in [4.78, 5) is 0. The summed E-state index contributed by atoms with van der Waals surface area (Å²) in [7, 11) is 0. The molecule has 0 radical (unpaired) electrons. The molecule has 0 spiro atoms. The number of rotatable bonds is 0. The Hall–Kier alpha value is -0.0400. The van der Waals surface area contributed by atoms with Crippen molar-refractivity contribution in [1.82, 2.24) is 0 Å². The molecule has 3 rings (SSSR count). The maximum absolute atomic E-state index is 10.3. The third kappa shape index (κ3) is 2.05. The molecule has 17 heavy (non-hydrogen) atoms. The summed E-state index contributed by atoms with van der Waals surface area (Å²) >= 11 is 0. The molecular weight excluding hydrogens is 208 g/mol. The minimum Gasteiger partial charge on any atom is -0.393 e. The summed E-state index contributed by atoms with van der Waals surface area (Å²) in [6, 6.07) is 0. The van der Waals surface area contributed by atoms with Crippen LogP contribution in [0, 0.1) is 35.5 Å². The lowest BCUT2D eigenvalue weighted by atomic mass is 9.54. The van der Waals surface area contributed by atoms with Crippen LogP contribution in [0.3, 0.4) is 0 Å². The average molecular weight is 236 g/mol. The van der Waals surface area contributed by atoms with Gasteiger partial charge in [0, 0.05) is 0 Å². The summed E-state index contributed by atoms with van der Waals surface area (Å²) in [5, 5.41) is 10.3. The molecule has 1 nitrogen and oxygen atoms in total. The SMILES string of the molecule is C[C@@H]1C[C@@H]2C(CC[C@H]3C2CCC[C@@H]3C)[C@H](O)C1. The van der Waals surface area contributed by atoms with Crippen LogP contribution in [0.5, 0.6) is 0 Å². The Morgan fingerprint density at radius 3 is 2.35 bits per heavy atom. The lowest BCUT2D eigenvalue weighted by Crippen LogP contribution is -2.47. The molecule has 7 atom stereocenters. The van der Waals surface area contributed by atoms with E-state index in [4.69, 9.17) is 0 Å². The van der Waals surface area contributed by atoms with Crippen molar-refractivity contribution in [3.63, 3.8) is 0 Å². The van der Waals surface area contributed by atoms with Crippen LogP contribution in [0.25, 0.3) is 0 Å². The topological polar surface area (TPSA) is 20.2 Å². The van der Waals surface area contributed by atoms with E-state index in [1.165, 1.54) is 38.5 Å². The van der Waals surface area contributed by atoms with Gasteiger partial charge in [-0.2, -0.15) is 0 Å². The normalized spacial score (nSPS) is 54.9. The van der Waals surface area contributed by atoms with Crippen molar-refractivity contribution in [3.8, 4) is 0 Å². The van der Waals surface area contributed by atoms with Gasteiger partial charge in [-0.05, 0) is 67.6 Å². The monoisotopic (exact) mass is 236 g/mol. The zero-order valence-corrected chi connectivity index (χ0v) is 11.4. The van der Waals surface area contributed by atoms with Crippen molar-refractivity contribution in [2.24, 2.45) is 35.5 Å². The number of aliphatic hydroxyl groups excluding tert-OH is 1. The number of fused-ring (bicyclic) bond motifs is 3. The van der Waals surface area contributed by atoms with E-state index in [1.807, 2.05) is 0 Å². The van der Waals surface area contributed by atoms with Gasteiger partial charge in [-0.15, -0.1) is 0 Å². The van der Waals surface area contributed by atoms with Crippen LogP contribution in [0.2, 0.25) is 0 Å². The standard InChI is InChI=1S/C16H28O/c1-10-8-15-13-5-3-4-11(2)12(13)6-7-14(15)16(17)9-10/h10-17H,3-9H2,1-2H3/t10-,11+,12-,13?,14?,15+,16-/m1/s1. The average Bonchev–Trinajstić information content (AvgIpc) is 2.29. The highest BCUT2D eigenvalue weighted by atomic mass is 16.3. The molecule has 0 aromatic heterocycles. The predicted molar refractivity (Wildman–Crippen MR) is 70.6 cm³/mol. The minimum atomic E-state index is 0.0157. The Bertz CT molecular complexity index is 275. The van der Waals surface area contributed by atoms with E-state index in [-0.39, 0.29) is 6.10 Å². The summed E-state index contributed by atoms with van der Waals surface area (Å²) in [6.07, 6.45) is 9.54. The predicted octanol–water partition coefficient (Wildman–Crippen LogP) is 3.86. The smallest absolute Gasteiger partial charge is 0.0573 e. The highest BCUT2D eigenvalue weighted by Crippen LogP contribution is 2.53. The molecule has 98 valence electrons. The van der Waals surface area contributed by atoms with Crippen molar-refractivity contribution in [3.05, 3.63) is 0 Å². The van der Waals surface area contributed by atoms with Gasteiger partial charge in [0.05, 0.1) is 6.10 Å². The fourth-order valence-corrected chi connectivity index (χ4v) is 5.45. The van der Waals surface area contributed by atoms with E-state index in [1.54, 1.807) is 0 Å². The molecule has 3 saturated carbocycles. The van der Waals surface area contributed by atoms with E-state index in [0.29, 0.717) is 5.92 Å². The molecule has 0 heterocycles. The number of hydrogen-bond donors (Lipinski definition) is 1. The molecule has 0 saturated heterocycles. The summed E-state index contributed by atoms with van der Waals surface area (Å²) in [5.41, 5.74) is 0. The molecule has 0 aromatic rings. The van der Waals surface area contributed by atoms with Crippen LogP contribution in [-0.2, 0) is 0 Å². The maximum atomic E-state index is 10.3. The summed E-state index contributed by atoms with van der Waals surface area (Å²) < 4.78 is 0. The molecule has 3 fully saturated rings. The molecule has 2 unspecified atom stereocenters. The van der Waals surface area contributed by atoms with Crippen molar-refractivity contribution < 1.29 is 5.11 Å². The zero-order valence-electron chi connectivity index (χ0n) is 11.4. The van der Waals surface area contributed by atoms with Gasteiger partial charge in [-0.1, -0.05) is 26.7 Å². The second-order valence-electron chi connectivity index (χ2n) is 7.28. The Labute approximate surface area is 106 Å². The van der Waals surface area contributed by atoms with Gasteiger partial charge < -0.3 is 5.11 Å². The molecule has 1 N–H and O–H groups in total. The van der Waals surface area contributed by atoms with E-state index < -0.39 is 0 Å². The Morgan fingerprint density at radius 1 is 0.765 bits per heavy atom. The van der Waals surface area contributed by atoms with E-state index in [0.717, 1.165) is 36.0 Å². The zero-order chi connectivity index (χ0) is 12.0. The lowest BCUT2D eigenvalue weighted by Gasteiger charge is -2.52. The minimum absolute atomic E-state index is 0.0157. The third-order valence-electron chi connectivity index (χ3n) is 6.22. The molecular formula is C16H28O. The van der Waals surface area contributed by atoms with E-state index >= 15 is 0 Å². The Morgan fingerprint density at radius 2 is 1.53 bits per heavy atom. The second kappa shape index (κ2) is 4.57. The molecule has 3 aliphatic rings. The van der Waals surface area contributed by atoms with Crippen LogP contribution in [0.1, 0.15) is 58.8 Å². The first-order chi connectivity index (χ1) is 8.16. The van der Waals surface area contributed by atoms with Gasteiger partial charge in [0.2, 0.25) is 0 Å². The van der Waals surface area contributed by atoms with Crippen molar-refractivity contribution in [1.29, 1.82) is 0 Å². The fourth-order valence-electron chi connectivity index (χ4n) is 5.45. The lowest BCUT2D eigenvalue weighted by molar-refractivity contribution is -0.0739. The van der Waals surface area contributed by atoms with E-state index in [9.17, 15) is 5.11 Å². The first-order valence-electron chi connectivity index (χ1n) is 7.85. The molecule has 1 heteroatoms. The fraction of sp³-hybridized carbons (Fsp3) is 1.00. The van der Waals surface area contributed by atoms with Gasteiger partial charge in [0.25, 0.3) is 0 Å². The molecule has 0 aliphatic heterocycles. The van der Waals surface area contributed by atoms with E-state index in [2.05, 4.69) is 13.8 Å². The largest absolute Gasteiger partial charge is 0.393 e. The van der Waals surface area contributed by atoms with Crippen molar-refractivity contribution in [2.75, 3.05) is 0 Å². The third-order valence-corrected chi connectivity index (χ3v) is 6.22. The van der Waals surface area contributed by atoms with Gasteiger partial charge in [-0.25, -0.2) is 0 Å². The Kier molecular flexibility index (Phi) is 3.23. The van der Waals surface area contributed by atoms with Crippen LogP contribution < -0.4 is 0 Å². The van der Waals surface area contributed by atoms with Crippen LogP contribution in [0.4, 0.5) is 0 Å². The quantitative estimate of drug-likeness (QED) is 0.677. The second-order valence-corrected chi connectivity index (χ2v) is 7.28. The van der Waals surface area contributed by atoms with Gasteiger partial charge >= 0.3 is 0 Å². The maximum Gasteiger partial charge on any atom is 0.0573 e. The number of aliphatic hydroxyl groups is 1. The van der Waals surface area contributed by atoms with Crippen LogP contribution in [-0.4, -0.2) is 11.2 Å². The first kappa shape index (κ1) is 12.0. The van der Waals surface area contributed by atoms with Crippen molar-refractivity contribution >= 4 is 0 Å². The highest BCUT2D eigenvalue weighted by Gasteiger charge is 2.47. The Balaban J connectivity index is 1.80.